The molecule has 1 N–H and O–H groups in total. The van der Waals surface area contributed by atoms with Gasteiger partial charge in [0.2, 0.25) is 0 Å². The fraction of sp³-hybridized carbons (Fsp3) is 0. The normalized spacial score (nSPS) is 11.1. The van der Waals surface area contributed by atoms with Gasteiger partial charge in [-0.3, -0.25) is 0 Å². The zero-order valence-electron chi connectivity index (χ0n) is 11.4. The van der Waals surface area contributed by atoms with Gasteiger partial charge in [0.25, 0.3) is 0 Å². The summed E-state index contributed by atoms with van der Waals surface area (Å²) in [6.45, 7) is 0. The fourth-order valence-electron chi connectivity index (χ4n) is 2.33. The van der Waals surface area contributed by atoms with Crippen LogP contribution in [-0.2, 0) is 0 Å². The Morgan fingerprint density at radius 1 is 1.09 bits per heavy atom. The van der Waals surface area contributed by atoms with Crippen molar-refractivity contribution in [1.82, 2.24) is 9.97 Å². The van der Waals surface area contributed by atoms with Gasteiger partial charge in [0.15, 0.2) is 0 Å². The third-order valence-electron chi connectivity index (χ3n) is 3.37. The minimum absolute atomic E-state index is 0.753. The molecule has 4 aromatic rings. The molecule has 3 heterocycles. The summed E-state index contributed by atoms with van der Waals surface area (Å²) in [5.41, 5.74) is 3.23. The molecule has 0 aliphatic rings. The lowest BCUT2D eigenvalue weighted by atomic mass is 10.2. The van der Waals surface area contributed by atoms with Crippen LogP contribution in [0.2, 0.25) is 5.02 Å². The van der Waals surface area contributed by atoms with Crippen LogP contribution in [0.4, 0.5) is 0 Å². The maximum Gasteiger partial charge on any atom is 0.138 e. The van der Waals surface area contributed by atoms with Crippen LogP contribution in [0.3, 0.4) is 0 Å². The van der Waals surface area contributed by atoms with Gasteiger partial charge < -0.3 is 4.98 Å². The Balaban J connectivity index is 1.87. The van der Waals surface area contributed by atoms with E-state index in [1.165, 1.54) is 10.5 Å². The number of hydrogen-bond donors (Lipinski definition) is 1. The van der Waals surface area contributed by atoms with Crippen molar-refractivity contribution in [2.24, 2.45) is 0 Å². The van der Waals surface area contributed by atoms with E-state index in [9.17, 15) is 0 Å². The molecular weight excluding hydrogens is 332 g/mol. The predicted molar refractivity (Wildman–Crippen MR) is 95.0 cm³/mol. The quantitative estimate of drug-likeness (QED) is 0.487. The molecule has 0 saturated heterocycles. The van der Waals surface area contributed by atoms with E-state index >= 15 is 0 Å². The van der Waals surface area contributed by atoms with Crippen molar-refractivity contribution >= 4 is 45.7 Å². The van der Waals surface area contributed by atoms with Gasteiger partial charge in [-0.2, -0.15) is 11.3 Å². The Labute approximate surface area is 141 Å². The molecule has 5 heteroatoms. The minimum atomic E-state index is 0.753. The van der Waals surface area contributed by atoms with Crippen molar-refractivity contribution in [2.45, 2.75) is 9.79 Å². The Morgan fingerprint density at radius 3 is 2.73 bits per heavy atom. The summed E-state index contributed by atoms with van der Waals surface area (Å²) in [4.78, 5) is 10.2. The van der Waals surface area contributed by atoms with Crippen LogP contribution in [0.15, 0.2) is 69.2 Å². The van der Waals surface area contributed by atoms with E-state index < -0.39 is 0 Å². The van der Waals surface area contributed by atoms with E-state index in [-0.39, 0.29) is 0 Å². The van der Waals surface area contributed by atoms with Gasteiger partial charge in [-0.25, -0.2) is 4.98 Å². The first-order valence-corrected chi connectivity index (χ1v) is 8.88. The molecular formula is C17H11ClN2S2. The Kier molecular flexibility index (Phi) is 3.66. The number of aromatic amines is 1. The summed E-state index contributed by atoms with van der Waals surface area (Å²) in [6, 6.07) is 14.1. The molecule has 0 fully saturated rings. The lowest BCUT2D eigenvalue weighted by Crippen LogP contribution is -1.78. The van der Waals surface area contributed by atoms with Crippen LogP contribution in [0, 0.1) is 0 Å². The van der Waals surface area contributed by atoms with Crippen molar-refractivity contribution < 1.29 is 0 Å². The van der Waals surface area contributed by atoms with Crippen LogP contribution in [0.25, 0.3) is 22.3 Å². The largest absolute Gasteiger partial charge is 0.338 e. The maximum atomic E-state index is 5.98. The molecule has 22 heavy (non-hydrogen) atoms. The van der Waals surface area contributed by atoms with Crippen LogP contribution in [0.5, 0.6) is 0 Å². The Bertz CT molecular complexity index is 912. The number of H-pyrrole nitrogens is 1. The number of aromatic nitrogens is 2. The van der Waals surface area contributed by atoms with Gasteiger partial charge in [-0.15, -0.1) is 0 Å². The topological polar surface area (TPSA) is 28.7 Å². The van der Waals surface area contributed by atoms with Gasteiger partial charge >= 0.3 is 0 Å². The number of halogens is 1. The maximum absolute atomic E-state index is 5.98. The zero-order chi connectivity index (χ0) is 14.9. The van der Waals surface area contributed by atoms with Crippen LogP contribution in [0.1, 0.15) is 0 Å². The molecule has 3 aromatic heterocycles. The molecule has 0 aliphatic carbocycles. The summed E-state index contributed by atoms with van der Waals surface area (Å²) in [5, 5.41) is 6.13. The third-order valence-corrected chi connectivity index (χ3v) is 5.44. The molecule has 0 spiro atoms. The molecule has 1 aromatic carbocycles. The molecule has 0 unspecified atom stereocenters. The van der Waals surface area contributed by atoms with Crippen LogP contribution < -0.4 is 0 Å². The van der Waals surface area contributed by atoms with Gasteiger partial charge in [-0.1, -0.05) is 23.4 Å². The number of nitrogens with zero attached hydrogens (tertiary/aromatic N) is 1. The Hall–Kier alpha value is -1.75. The lowest BCUT2D eigenvalue weighted by Gasteiger charge is -2.04. The molecule has 0 amide bonds. The number of nitrogens with one attached hydrogen (secondary N) is 1. The lowest BCUT2D eigenvalue weighted by molar-refractivity contribution is 1.32. The number of hydrogen-bond acceptors (Lipinski definition) is 3. The van der Waals surface area contributed by atoms with Crippen molar-refractivity contribution in [3.05, 3.63) is 64.4 Å². The molecule has 0 atom stereocenters. The molecule has 108 valence electrons. The van der Waals surface area contributed by atoms with Crippen molar-refractivity contribution in [1.29, 1.82) is 0 Å². The van der Waals surface area contributed by atoms with Gasteiger partial charge in [0.05, 0.1) is 5.69 Å². The molecule has 0 radical (unpaired) electrons. The van der Waals surface area contributed by atoms with E-state index in [1.54, 1.807) is 23.1 Å². The Morgan fingerprint density at radius 2 is 1.95 bits per heavy atom. The van der Waals surface area contributed by atoms with E-state index in [4.69, 9.17) is 11.6 Å². The van der Waals surface area contributed by atoms with Gasteiger partial charge in [0.1, 0.15) is 5.65 Å². The second kappa shape index (κ2) is 5.80. The highest BCUT2D eigenvalue weighted by molar-refractivity contribution is 7.99. The average molecular weight is 343 g/mol. The summed E-state index contributed by atoms with van der Waals surface area (Å²) < 4.78 is 0. The molecule has 0 saturated carbocycles. The van der Waals surface area contributed by atoms with Crippen LogP contribution in [-0.4, -0.2) is 9.97 Å². The number of pyridine rings is 1. The van der Waals surface area contributed by atoms with Crippen LogP contribution >= 0.6 is 34.7 Å². The van der Waals surface area contributed by atoms with Crippen molar-refractivity contribution in [2.75, 3.05) is 0 Å². The second-order valence-electron chi connectivity index (χ2n) is 4.80. The zero-order valence-corrected chi connectivity index (χ0v) is 13.8. The molecule has 0 bridgehead atoms. The van der Waals surface area contributed by atoms with Gasteiger partial charge in [-0.05, 0) is 47.8 Å². The van der Waals surface area contributed by atoms with E-state index in [0.717, 1.165) is 26.6 Å². The monoisotopic (exact) mass is 342 g/mol. The molecule has 4 rings (SSSR count). The fourth-order valence-corrected chi connectivity index (χ4v) is 4.16. The smallest absolute Gasteiger partial charge is 0.138 e. The second-order valence-corrected chi connectivity index (χ2v) is 7.10. The number of rotatable bonds is 3. The highest BCUT2D eigenvalue weighted by Gasteiger charge is 2.15. The summed E-state index contributed by atoms with van der Waals surface area (Å²) in [6.07, 6.45) is 1.81. The molecule has 2 nitrogen and oxygen atoms in total. The summed E-state index contributed by atoms with van der Waals surface area (Å²) in [7, 11) is 0. The summed E-state index contributed by atoms with van der Waals surface area (Å²) in [5.74, 6) is 0. The molecule has 0 aliphatic heterocycles. The first kappa shape index (κ1) is 13.9. The third kappa shape index (κ3) is 2.54. The van der Waals surface area contributed by atoms with Crippen molar-refractivity contribution in [3.8, 4) is 11.3 Å². The number of fused-ring (bicyclic) bond motifs is 1. The van der Waals surface area contributed by atoms with E-state index in [2.05, 4.69) is 32.9 Å². The minimum Gasteiger partial charge on any atom is -0.338 e. The van der Waals surface area contributed by atoms with Crippen molar-refractivity contribution in [3.63, 3.8) is 0 Å². The summed E-state index contributed by atoms with van der Waals surface area (Å²) >= 11 is 9.40. The average Bonchev–Trinajstić information content (AvgIpc) is 3.18. The predicted octanol–water partition coefficient (Wildman–Crippen LogP) is 6.10. The standard InChI is InChI=1S/C17H11ClN2S2/c18-12-3-5-13(6-4-12)22-16-14-2-1-8-19-17(14)20-15(16)11-7-9-21-10-11/h1-10H,(H,19,20). The SMILES string of the molecule is Clc1ccc(Sc2c(-c3ccsc3)[nH]c3ncccc23)cc1. The number of benzene rings is 1. The van der Waals surface area contributed by atoms with E-state index in [0.29, 0.717) is 0 Å². The number of thiophene rings is 1. The highest BCUT2D eigenvalue weighted by atomic mass is 35.5. The van der Waals surface area contributed by atoms with Gasteiger partial charge in [0, 0.05) is 37.3 Å². The van der Waals surface area contributed by atoms with E-state index in [1.807, 2.05) is 36.5 Å². The first-order chi connectivity index (χ1) is 10.8. The highest BCUT2D eigenvalue weighted by Crippen LogP contribution is 2.41. The first-order valence-electron chi connectivity index (χ1n) is 6.74.